The largest absolute Gasteiger partial charge is 0.311 e. The molecular weight excluding hydrogens is 370 g/mol. The summed E-state index contributed by atoms with van der Waals surface area (Å²) < 4.78 is 1.86. The highest BCUT2D eigenvalue weighted by Gasteiger charge is 2.20. The first-order valence-corrected chi connectivity index (χ1v) is 10.1. The Hall–Kier alpha value is -2.21. The Labute approximate surface area is 172 Å². The summed E-state index contributed by atoms with van der Waals surface area (Å²) in [6, 6.07) is 12.3. The van der Waals surface area contributed by atoms with Crippen LogP contribution in [-0.4, -0.2) is 39.3 Å². The average molecular weight is 398 g/mol. The van der Waals surface area contributed by atoms with Crippen molar-refractivity contribution in [3.63, 3.8) is 0 Å². The zero-order chi connectivity index (χ0) is 19.9. The van der Waals surface area contributed by atoms with Crippen molar-refractivity contribution in [1.29, 1.82) is 0 Å². The molecule has 0 aliphatic rings. The molecule has 5 nitrogen and oxygen atoms in total. The first-order valence-electron chi connectivity index (χ1n) is 9.76. The third-order valence-electron chi connectivity index (χ3n) is 5.03. The van der Waals surface area contributed by atoms with Gasteiger partial charge in [0, 0.05) is 60.9 Å². The van der Waals surface area contributed by atoms with Gasteiger partial charge < -0.3 is 5.32 Å². The maximum Gasteiger partial charge on any atom is 0.0969 e. The molecule has 0 bridgehead atoms. The van der Waals surface area contributed by atoms with Crippen LogP contribution < -0.4 is 5.32 Å². The fourth-order valence-corrected chi connectivity index (χ4v) is 3.87. The van der Waals surface area contributed by atoms with Gasteiger partial charge in [0.1, 0.15) is 0 Å². The molecule has 0 aliphatic heterocycles. The van der Waals surface area contributed by atoms with Crippen LogP contribution in [0.3, 0.4) is 0 Å². The number of aryl methyl sites for hydroxylation is 1. The number of nitrogens with zero attached hydrogens (tertiary/aromatic N) is 4. The lowest BCUT2D eigenvalue weighted by molar-refractivity contribution is 0.213. The quantitative estimate of drug-likeness (QED) is 0.584. The first kappa shape index (κ1) is 20.5. The van der Waals surface area contributed by atoms with Gasteiger partial charge >= 0.3 is 0 Å². The SMILES string of the molecule is CCN(CC)C(CNCc1cn(C)nc1-c1ccncc1)c1ccccc1Cl. The van der Waals surface area contributed by atoms with Gasteiger partial charge in [0.05, 0.1) is 5.69 Å². The van der Waals surface area contributed by atoms with Crippen LogP contribution in [0.5, 0.6) is 0 Å². The highest BCUT2D eigenvalue weighted by Crippen LogP contribution is 2.27. The van der Waals surface area contributed by atoms with Crippen molar-refractivity contribution < 1.29 is 0 Å². The number of halogens is 1. The van der Waals surface area contributed by atoms with Crippen molar-refractivity contribution in [2.45, 2.75) is 26.4 Å². The van der Waals surface area contributed by atoms with E-state index in [2.05, 4.69) is 52.5 Å². The van der Waals surface area contributed by atoms with Crippen LogP contribution in [0, 0.1) is 0 Å². The van der Waals surface area contributed by atoms with Gasteiger partial charge in [0.2, 0.25) is 0 Å². The molecule has 2 heterocycles. The van der Waals surface area contributed by atoms with Crippen LogP contribution >= 0.6 is 11.6 Å². The summed E-state index contributed by atoms with van der Waals surface area (Å²) >= 11 is 6.51. The molecule has 1 atom stereocenters. The molecule has 0 radical (unpaired) electrons. The van der Waals surface area contributed by atoms with Crippen molar-refractivity contribution >= 4 is 11.6 Å². The van der Waals surface area contributed by atoms with Gasteiger partial charge in [-0.1, -0.05) is 43.6 Å². The van der Waals surface area contributed by atoms with Crippen LogP contribution in [0.25, 0.3) is 11.3 Å². The fourth-order valence-electron chi connectivity index (χ4n) is 3.61. The smallest absolute Gasteiger partial charge is 0.0969 e. The minimum Gasteiger partial charge on any atom is -0.311 e. The second kappa shape index (κ2) is 9.82. The van der Waals surface area contributed by atoms with Crippen molar-refractivity contribution in [3.05, 3.63) is 71.1 Å². The molecule has 0 saturated carbocycles. The van der Waals surface area contributed by atoms with E-state index in [4.69, 9.17) is 11.6 Å². The van der Waals surface area contributed by atoms with E-state index in [1.165, 1.54) is 11.1 Å². The van der Waals surface area contributed by atoms with E-state index in [0.717, 1.165) is 42.5 Å². The minimum atomic E-state index is 0.227. The molecule has 0 aliphatic carbocycles. The lowest BCUT2D eigenvalue weighted by Crippen LogP contribution is -2.35. The number of benzene rings is 1. The first-order chi connectivity index (χ1) is 13.6. The number of nitrogens with one attached hydrogen (secondary N) is 1. The standard InChI is InChI=1S/C22H28ClN5/c1-4-28(5-2)21(19-8-6-7-9-20(19)23)15-25-14-18-16-27(3)26-22(18)17-10-12-24-13-11-17/h6-13,16,21,25H,4-5,14-15H2,1-3H3. The topological polar surface area (TPSA) is 46.0 Å². The average Bonchev–Trinajstić information content (AvgIpc) is 3.09. The van der Waals surface area contributed by atoms with E-state index in [0.29, 0.717) is 0 Å². The van der Waals surface area contributed by atoms with Gasteiger partial charge in [-0.25, -0.2) is 0 Å². The molecule has 1 aromatic carbocycles. The molecule has 1 N–H and O–H groups in total. The van der Waals surface area contributed by atoms with Gasteiger partial charge in [-0.3, -0.25) is 14.6 Å². The monoisotopic (exact) mass is 397 g/mol. The molecule has 3 rings (SSSR count). The van der Waals surface area contributed by atoms with Gasteiger partial charge in [0.15, 0.2) is 0 Å². The molecular formula is C22H28ClN5. The number of hydrogen-bond donors (Lipinski definition) is 1. The Bertz CT molecular complexity index is 874. The summed E-state index contributed by atoms with van der Waals surface area (Å²) in [5.74, 6) is 0. The van der Waals surface area contributed by atoms with Crippen molar-refractivity contribution in [2.24, 2.45) is 7.05 Å². The number of pyridine rings is 1. The zero-order valence-electron chi connectivity index (χ0n) is 16.8. The van der Waals surface area contributed by atoms with Crippen LogP contribution in [0.1, 0.15) is 31.0 Å². The van der Waals surface area contributed by atoms with Crippen LogP contribution in [0.4, 0.5) is 0 Å². The number of hydrogen-bond acceptors (Lipinski definition) is 4. The Morgan fingerprint density at radius 2 is 1.82 bits per heavy atom. The predicted molar refractivity (Wildman–Crippen MR) is 115 cm³/mol. The number of aromatic nitrogens is 3. The van der Waals surface area contributed by atoms with Gasteiger partial charge in [-0.05, 0) is 36.9 Å². The van der Waals surface area contributed by atoms with Gasteiger partial charge in [0.25, 0.3) is 0 Å². The summed E-state index contributed by atoms with van der Waals surface area (Å²) in [4.78, 5) is 6.54. The van der Waals surface area contributed by atoms with Crippen LogP contribution in [-0.2, 0) is 13.6 Å². The number of likely N-dealkylation sites (N-methyl/N-ethyl adjacent to an activating group) is 1. The summed E-state index contributed by atoms with van der Waals surface area (Å²) in [6.45, 7) is 7.89. The van der Waals surface area contributed by atoms with E-state index in [1.807, 2.05) is 36.0 Å². The van der Waals surface area contributed by atoms with E-state index in [-0.39, 0.29) is 6.04 Å². The number of rotatable bonds is 9. The van der Waals surface area contributed by atoms with E-state index in [1.54, 1.807) is 12.4 Å². The molecule has 1 unspecified atom stereocenters. The minimum absolute atomic E-state index is 0.227. The maximum atomic E-state index is 6.51. The van der Waals surface area contributed by atoms with Crippen LogP contribution in [0.2, 0.25) is 5.02 Å². The Kier molecular flexibility index (Phi) is 7.20. The molecule has 0 amide bonds. The van der Waals surface area contributed by atoms with Crippen molar-refractivity contribution in [2.75, 3.05) is 19.6 Å². The summed E-state index contributed by atoms with van der Waals surface area (Å²) in [5.41, 5.74) is 4.42. The Morgan fingerprint density at radius 1 is 1.11 bits per heavy atom. The molecule has 0 saturated heterocycles. The third kappa shape index (κ3) is 4.79. The molecule has 148 valence electrons. The van der Waals surface area contributed by atoms with Crippen molar-refractivity contribution in [3.8, 4) is 11.3 Å². The maximum absolute atomic E-state index is 6.51. The third-order valence-corrected chi connectivity index (χ3v) is 5.37. The molecule has 3 aromatic rings. The van der Waals surface area contributed by atoms with E-state index in [9.17, 15) is 0 Å². The zero-order valence-corrected chi connectivity index (χ0v) is 17.5. The molecule has 2 aromatic heterocycles. The molecule has 6 heteroatoms. The molecule has 28 heavy (non-hydrogen) atoms. The van der Waals surface area contributed by atoms with E-state index >= 15 is 0 Å². The second-order valence-electron chi connectivity index (χ2n) is 6.80. The fraction of sp³-hybridized carbons (Fsp3) is 0.364. The Morgan fingerprint density at radius 3 is 2.50 bits per heavy atom. The van der Waals surface area contributed by atoms with Crippen LogP contribution in [0.15, 0.2) is 55.0 Å². The lowest BCUT2D eigenvalue weighted by atomic mass is 10.0. The Balaban J connectivity index is 1.76. The highest BCUT2D eigenvalue weighted by molar-refractivity contribution is 6.31. The van der Waals surface area contributed by atoms with Gasteiger partial charge in [-0.2, -0.15) is 5.10 Å². The molecule has 0 fully saturated rings. The molecule has 0 spiro atoms. The predicted octanol–water partition coefficient (Wildman–Crippen LogP) is 4.31. The summed E-state index contributed by atoms with van der Waals surface area (Å²) in [6.07, 6.45) is 5.68. The summed E-state index contributed by atoms with van der Waals surface area (Å²) in [5, 5.41) is 9.09. The lowest BCUT2D eigenvalue weighted by Gasteiger charge is -2.31. The van der Waals surface area contributed by atoms with E-state index < -0.39 is 0 Å². The second-order valence-corrected chi connectivity index (χ2v) is 7.21. The highest BCUT2D eigenvalue weighted by atomic mass is 35.5. The summed E-state index contributed by atoms with van der Waals surface area (Å²) in [7, 11) is 1.95. The van der Waals surface area contributed by atoms with Gasteiger partial charge in [-0.15, -0.1) is 0 Å². The van der Waals surface area contributed by atoms with Crippen molar-refractivity contribution in [1.82, 2.24) is 25.0 Å². The normalized spacial score (nSPS) is 12.5.